The molecule has 1 heterocycles. The number of carboxylic acids is 1. The van der Waals surface area contributed by atoms with Crippen molar-refractivity contribution in [3.8, 4) is 22.3 Å². The van der Waals surface area contributed by atoms with E-state index in [1.807, 2.05) is 31.2 Å². The molecule has 8 heteroatoms. The molecule has 200 valence electrons. The Morgan fingerprint density at radius 1 is 0.947 bits per heavy atom. The molecule has 2 amide bonds. The Labute approximate surface area is 221 Å². The number of hydrogen-bond donors (Lipinski definition) is 2. The van der Waals surface area contributed by atoms with E-state index in [1.165, 1.54) is 11.9 Å². The van der Waals surface area contributed by atoms with Gasteiger partial charge in [0.1, 0.15) is 11.6 Å². The van der Waals surface area contributed by atoms with Gasteiger partial charge in [-0.2, -0.15) is 0 Å². The zero-order valence-electron chi connectivity index (χ0n) is 22.6. The Kier molecular flexibility index (Phi) is 7.05. The minimum Gasteiger partial charge on any atom is -0.479 e. The number of rotatable bonds is 4. The lowest BCUT2D eigenvalue weighted by Gasteiger charge is -2.37. The Morgan fingerprint density at radius 3 is 2.11 bits per heavy atom. The maximum absolute atomic E-state index is 15.4. The number of carbonyl (C=O) groups excluding carboxylic acids is 1. The van der Waals surface area contributed by atoms with E-state index >= 15 is 8.78 Å². The second-order valence-corrected chi connectivity index (χ2v) is 10.6. The van der Waals surface area contributed by atoms with E-state index in [9.17, 15) is 14.7 Å². The van der Waals surface area contributed by atoms with Crippen LogP contribution in [0.3, 0.4) is 0 Å². The average molecular weight is 523 g/mol. The van der Waals surface area contributed by atoms with E-state index in [-0.39, 0.29) is 17.7 Å². The highest BCUT2D eigenvalue weighted by molar-refractivity contribution is 6.04. The van der Waals surface area contributed by atoms with Crippen molar-refractivity contribution < 1.29 is 28.2 Å². The number of ether oxygens (including phenoxy) is 1. The maximum Gasteiger partial charge on any atom is 0.337 e. The van der Waals surface area contributed by atoms with Crippen molar-refractivity contribution in [3.05, 3.63) is 75.8 Å². The second kappa shape index (κ2) is 9.83. The number of amides is 2. The number of nitrogens with zero attached hydrogens (tertiary/aromatic N) is 1. The minimum absolute atomic E-state index is 0.0620. The van der Waals surface area contributed by atoms with Gasteiger partial charge in [-0.05, 0) is 75.9 Å². The number of halogens is 2. The Bertz CT molecular complexity index is 1440. The highest BCUT2D eigenvalue weighted by Crippen LogP contribution is 2.51. The van der Waals surface area contributed by atoms with Crippen LogP contribution in [0.25, 0.3) is 22.3 Å². The van der Waals surface area contributed by atoms with E-state index in [0.29, 0.717) is 39.1 Å². The van der Waals surface area contributed by atoms with Crippen LogP contribution in [0.5, 0.6) is 0 Å². The first kappa shape index (κ1) is 27.3. The van der Waals surface area contributed by atoms with Gasteiger partial charge in [-0.25, -0.2) is 18.4 Å². The number of benzene rings is 3. The van der Waals surface area contributed by atoms with Crippen LogP contribution >= 0.6 is 0 Å². The smallest absolute Gasteiger partial charge is 0.337 e. The molecule has 4 rings (SSSR count). The van der Waals surface area contributed by atoms with Crippen LogP contribution in [0.2, 0.25) is 0 Å². The van der Waals surface area contributed by atoms with E-state index in [2.05, 4.69) is 5.32 Å². The third-order valence-corrected chi connectivity index (χ3v) is 6.81. The summed E-state index contributed by atoms with van der Waals surface area (Å²) in [6.45, 7) is 10.5. The van der Waals surface area contributed by atoms with Crippen LogP contribution in [0.1, 0.15) is 54.7 Å². The zero-order chi connectivity index (χ0) is 28.1. The minimum atomic E-state index is -1.39. The van der Waals surface area contributed by atoms with Gasteiger partial charge in [-0.15, -0.1) is 0 Å². The van der Waals surface area contributed by atoms with Crippen molar-refractivity contribution in [1.29, 1.82) is 0 Å². The number of carboxylic acid groups (broad SMARTS) is 1. The van der Waals surface area contributed by atoms with Gasteiger partial charge in [-0.1, -0.05) is 29.8 Å². The number of aryl methyl sites for hydroxylation is 1. The highest BCUT2D eigenvalue weighted by Gasteiger charge is 2.39. The number of anilines is 1. The van der Waals surface area contributed by atoms with E-state index < -0.39 is 35.3 Å². The number of nitrogens with one attached hydrogen (secondary N) is 1. The monoisotopic (exact) mass is 522 g/mol. The summed E-state index contributed by atoms with van der Waals surface area (Å²) in [7, 11) is 1.45. The van der Waals surface area contributed by atoms with Crippen molar-refractivity contribution in [2.75, 3.05) is 11.9 Å². The summed E-state index contributed by atoms with van der Waals surface area (Å²) in [5, 5.41) is 12.9. The molecule has 0 saturated heterocycles. The summed E-state index contributed by atoms with van der Waals surface area (Å²) >= 11 is 0. The van der Waals surface area contributed by atoms with Crippen molar-refractivity contribution >= 4 is 17.7 Å². The molecule has 0 aliphatic carbocycles. The molecule has 38 heavy (non-hydrogen) atoms. The van der Waals surface area contributed by atoms with Gasteiger partial charge in [0, 0.05) is 29.3 Å². The van der Waals surface area contributed by atoms with Crippen molar-refractivity contribution in [2.45, 2.75) is 59.8 Å². The lowest BCUT2D eigenvalue weighted by molar-refractivity contribution is -0.160. The molecule has 3 aromatic rings. The molecule has 0 bridgehead atoms. The molecule has 0 radical (unpaired) electrons. The summed E-state index contributed by atoms with van der Waals surface area (Å²) in [5.74, 6) is -2.45. The fraction of sp³-hybridized carbons (Fsp3) is 0.333. The standard InChI is InChI=1S/C30H32F2N2O4/c1-15-8-10-18(11-9-15)22-16(2)23-25-19(20(31)12-13-21(25)32)14-34(29(37)33-7)26(23)17(3)24(22)27(28(35)36)38-30(4,5)6/h8-13,27H,14H2,1-7H3,(H,33,37)(H,35,36). The third kappa shape index (κ3) is 4.65. The number of hydrogen-bond acceptors (Lipinski definition) is 3. The highest BCUT2D eigenvalue weighted by atomic mass is 19.1. The molecule has 6 nitrogen and oxygen atoms in total. The molecule has 1 unspecified atom stereocenters. The van der Waals surface area contributed by atoms with Gasteiger partial charge in [0.05, 0.1) is 17.8 Å². The number of aliphatic carboxylic acids is 1. The summed E-state index contributed by atoms with van der Waals surface area (Å²) in [5.41, 5.74) is 3.58. The molecular formula is C30H32F2N2O4. The van der Waals surface area contributed by atoms with Gasteiger partial charge in [0.25, 0.3) is 0 Å². The maximum atomic E-state index is 15.4. The van der Waals surface area contributed by atoms with E-state index in [4.69, 9.17) is 4.74 Å². The number of carbonyl (C=O) groups is 2. The SMILES string of the molecule is CNC(=O)N1Cc2c(F)ccc(F)c2-c2c(C)c(-c3ccc(C)cc3)c(C(OC(C)(C)C)C(=O)O)c(C)c21. The van der Waals surface area contributed by atoms with Gasteiger partial charge in [0.15, 0.2) is 6.10 Å². The van der Waals surface area contributed by atoms with Gasteiger partial charge in [0.2, 0.25) is 0 Å². The molecule has 0 spiro atoms. The lowest BCUT2D eigenvalue weighted by Crippen LogP contribution is -2.41. The van der Waals surface area contributed by atoms with Crippen LogP contribution in [-0.4, -0.2) is 29.8 Å². The predicted octanol–water partition coefficient (Wildman–Crippen LogP) is 6.82. The van der Waals surface area contributed by atoms with Crippen molar-refractivity contribution in [1.82, 2.24) is 5.32 Å². The van der Waals surface area contributed by atoms with E-state index in [1.54, 1.807) is 34.6 Å². The van der Waals surface area contributed by atoms with Crippen LogP contribution in [0.15, 0.2) is 36.4 Å². The molecule has 1 atom stereocenters. The molecule has 0 aromatic heterocycles. The fourth-order valence-electron chi connectivity index (χ4n) is 5.22. The molecule has 3 aromatic carbocycles. The summed E-state index contributed by atoms with van der Waals surface area (Å²) in [4.78, 5) is 27.1. The molecular weight excluding hydrogens is 490 g/mol. The van der Waals surface area contributed by atoms with Gasteiger partial charge in [-0.3, -0.25) is 4.90 Å². The quantitative estimate of drug-likeness (QED) is 0.394. The first-order valence-electron chi connectivity index (χ1n) is 12.4. The van der Waals surface area contributed by atoms with Crippen LogP contribution in [0, 0.1) is 32.4 Å². The molecule has 0 fully saturated rings. The molecule has 2 N–H and O–H groups in total. The number of urea groups is 1. The zero-order valence-corrected chi connectivity index (χ0v) is 22.6. The Hall–Kier alpha value is -3.78. The van der Waals surface area contributed by atoms with Crippen LogP contribution in [0.4, 0.5) is 19.3 Å². The van der Waals surface area contributed by atoms with Crippen LogP contribution < -0.4 is 10.2 Å². The Balaban J connectivity index is 2.22. The van der Waals surface area contributed by atoms with Crippen molar-refractivity contribution in [3.63, 3.8) is 0 Å². The second-order valence-electron chi connectivity index (χ2n) is 10.6. The molecule has 0 saturated carbocycles. The Morgan fingerprint density at radius 2 is 1.55 bits per heavy atom. The average Bonchev–Trinajstić information content (AvgIpc) is 2.85. The fourth-order valence-corrected chi connectivity index (χ4v) is 5.22. The third-order valence-electron chi connectivity index (χ3n) is 6.81. The van der Waals surface area contributed by atoms with Gasteiger partial charge >= 0.3 is 12.0 Å². The first-order valence-corrected chi connectivity index (χ1v) is 12.4. The van der Waals surface area contributed by atoms with Gasteiger partial charge < -0.3 is 15.2 Å². The number of fused-ring (bicyclic) bond motifs is 3. The molecule has 1 aliphatic heterocycles. The van der Waals surface area contributed by atoms with Crippen molar-refractivity contribution in [2.24, 2.45) is 0 Å². The molecule has 1 aliphatic rings. The first-order chi connectivity index (χ1) is 17.8. The van der Waals surface area contributed by atoms with E-state index in [0.717, 1.165) is 17.7 Å². The summed E-state index contributed by atoms with van der Waals surface area (Å²) in [6.07, 6.45) is -1.39. The van der Waals surface area contributed by atoms with Crippen LogP contribution in [-0.2, 0) is 16.1 Å². The largest absolute Gasteiger partial charge is 0.479 e. The summed E-state index contributed by atoms with van der Waals surface area (Å²) < 4.78 is 36.6. The topological polar surface area (TPSA) is 78.9 Å². The predicted molar refractivity (Wildman–Crippen MR) is 143 cm³/mol. The summed E-state index contributed by atoms with van der Waals surface area (Å²) in [6, 6.07) is 9.13. The normalized spacial score (nSPS) is 13.6. The lowest BCUT2D eigenvalue weighted by atomic mass is 9.79.